The van der Waals surface area contributed by atoms with Gasteiger partial charge in [-0.05, 0) is 23.3 Å². The summed E-state index contributed by atoms with van der Waals surface area (Å²) in [6.07, 6.45) is 0.00200. The summed E-state index contributed by atoms with van der Waals surface area (Å²) in [6, 6.07) is 12.0. The third-order valence-electron chi connectivity index (χ3n) is 5.21. The largest absolute Gasteiger partial charge is 0.508 e. The third kappa shape index (κ3) is 4.74. The maximum absolute atomic E-state index is 13.3. The van der Waals surface area contributed by atoms with Crippen LogP contribution in [-0.4, -0.2) is 52.0 Å². The predicted molar refractivity (Wildman–Crippen MR) is 122 cm³/mol. The number of hydrogen-bond donors (Lipinski definition) is 3. The molecule has 0 bridgehead atoms. The third-order valence-corrected chi connectivity index (χ3v) is 5.97. The number of rotatable bonds is 7. The van der Waals surface area contributed by atoms with Gasteiger partial charge in [-0.2, -0.15) is 0 Å². The Morgan fingerprint density at radius 1 is 1.18 bits per heavy atom. The number of phenols is 1. The van der Waals surface area contributed by atoms with Gasteiger partial charge in [0.25, 0.3) is 5.91 Å². The summed E-state index contributed by atoms with van der Waals surface area (Å²) in [4.78, 5) is 55.9. The molecule has 10 nitrogen and oxygen atoms in total. The lowest BCUT2D eigenvalue weighted by atomic mass is 10.0. The first-order chi connectivity index (χ1) is 16.4. The number of amides is 4. The first kappa shape index (κ1) is 22.9. The number of aromatic hydroxyl groups is 1. The topological polar surface area (TPSA) is 138 Å². The van der Waals surface area contributed by atoms with Crippen LogP contribution in [-0.2, 0) is 20.7 Å². The van der Waals surface area contributed by atoms with E-state index in [1.807, 2.05) is 0 Å². The minimum atomic E-state index is -1.21. The Morgan fingerprint density at radius 2 is 1.88 bits per heavy atom. The van der Waals surface area contributed by atoms with Crippen molar-refractivity contribution in [3.8, 4) is 5.75 Å². The van der Waals surface area contributed by atoms with E-state index in [4.69, 9.17) is 0 Å². The molecule has 0 radical (unpaired) electrons. The Morgan fingerprint density at radius 3 is 2.56 bits per heavy atom. The molecule has 1 aliphatic heterocycles. The Kier molecular flexibility index (Phi) is 6.55. The van der Waals surface area contributed by atoms with Crippen molar-refractivity contribution in [1.29, 1.82) is 0 Å². The number of benzene rings is 2. The highest BCUT2D eigenvalue weighted by molar-refractivity contribution is 7.14. The first-order valence-corrected chi connectivity index (χ1v) is 11.1. The number of anilines is 1. The molecule has 11 heteroatoms. The highest BCUT2D eigenvalue weighted by atomic mass is 32.1. The number of phenolic OH excluding ortho intramolecular Hbond substituents is 1. The molecule has 34 heavy (non-hydrogen) atoms. The Bertz CT molecular complexity index is 1230. The van der Waals surface area contributed by atoms with Gasteiger partial charge in [-0.15, -0.1) is 11.3 Å². The number of ether oxygens (including phenoxy) is 1. The number of nitrogens with one attached hydrogen (secondary N) is 2. The second-order valence-electron chi connectivity index (χ2n) is 7.41. The maximum atomic E-state index is 13.3. The second kappa shape index (κ2) is 9.71. The van der Waals surface area contributed by atoms with Crippen molar-refractivity contribution in [1.82, 2.24) is 15.2 Å². The van der Waals surface area contributed by atoms with Crippen molar-refractivity contribution in [2.24, 2.45) is 0 Å². The lowest BCUT2D eigenvalue weighted by Gasteiger charge is -2.24. The molecule has 4 amide bonds. The van der Waals surface area contributed by atoms with Gasteiger partial charge in [0.1, 0.15) is 17.8 Å². The van der Waals surface area contributed by atoms with Crippen LogP contribution in [0.3, 0.4) is 0 Å². The van der Waals surface area contributed by atoms with Gasteiger partial charge in [0.05, 0.1) is 7.11 Å². The van der Waals surface area contributed by atoms with E-state index < -0.39 is 35.9 Å². The van der Waals surface area contributed by atoms with Crippen molar-refractivity contribution < 1.29 is 29.0 Å². The maximum Gasteiger partial charge on any atom is 0.357 e. The average Bonchev–Trinajstić information content (AvgIpc) is 3.42. The van der Waals surface area contributed by atoms with Gasteiger partial charge in [-0.1, -0.05) is 42.5 Å². The zero-order valence-electron chi connectivity index (χ0n) is 17.9. The molecular formula is C23H20N4O6S. The van der Waals surface area contributed by atoms with Crippen LogP contribution in [0.15, 0.2) is 60.0 Å². The highest BCUT2D eigenvalue weighted by Gasteiger charge is 2.45. The summed E-state index contributed by atoms with van der Waals surface area (Å²) in [5.41, 5.74) is 1.24. The summed E-state index contributed by atoms with van der Waals surface area (Å²) in [7, 11) is 1.22. The van der Waals surface area contributed by atoms with Crippen LogP contribution in [0.5, 0.6) is 5.75 Å². The average molecular weight is 481 g/mol. The van der Waals surface area contributed by atoms with Crippen molar-refractivity contribution >= 4 is 40.3 Å². The second-order valence-corrected chi connectivity index (χ2v) is 8.26. The van der Waals surface area contributed by atoms with E-state index >= 15 is 0 Å². The standard InChI is InChI=1S/C23H20N4O6S/c1-33-21(31)16-12-34-22(24-16)26-19(29)17(11-13-7-9-15(28)10-8-13)27-20(30)18(25-23(27)32)14-5-3-2-4-6-14/h2-10,12,17-18,28H,11H2,1H3,(H,25,32)(H,24,26,29). The van der Waals surface area contributed by atoms with Crippen LogP contribution in [0.4, 0.5) is 9.93 Å². The molecule has 3 N–H and O–H groups in total. The van der Waals surface area contributed by atoms with Crippen molar-refractivity contribution in [3.63, 3.8) is 0 Å². The SMILES string of the molecule is COC(=O)c1csc(NC(=O)C(Cc2ccc(O)cc2)N2C(=O)NC(c3ccccc3)C2=O)n1. The van der Waals surface area contributed by atoms with Gasteiger partial charge in [-0.3, -0.25) is 9.59 Å². The quantitative estimate of drug-likeness (QED) is 0.349. The number of imide groups is 1. The van der Waals surface area contributed by atoms with Gasteiger partial charge in [0.15, 0.2) is 10.8 Å². The first-order valence-electron chi connectivity index (χ1n) is 10.2. The molecule has 0 spiro atoms. The van der Waals surface area contributed by atoms with E-state index in [-0.39, 0.29) is 23.0 Å². The molecule has 2 heterocycles. The molecule has 1 fully saturated rings. The number of methoxy groups -OCH3 is 1. The van der Waals surface area contributed by atoms with Crippen LogP contribution in [0, 0.1) is 0 Å². The predicted octanol–water partition coefficient (Wildman–Crippen LogP) is 2.48. The van der Waals surface area contributed by atoms with Gasteiger partial charge in [-0.25, -0.2) is 19.5 Å². The van der Waals surface area contributed by atoms with E-state index in [1.165, 1.54) is 24.6 Å². The summed E-state index contributed by atoms with van der Waals surface area (Å²) < 4.78 is 4.62. The molecule has 1 saturated heterocycles. The fourth-order valence-corrected chi connectivity index (χ4v) is 4.22. The molecular weight excluding hydrogens is 460 g/mol. The number of hydrogen-bond acceptors (Lipinski definition) is 8. The number of esters is 1. The molecule has 0 saturated carbocycles. The molecule has 0 aliphatic carbocycles. The van der Waals surface area contributed by atoms with Crippen LogP contribution in [0.2, 0.25) is 0 Å². The fraction of sp³-hybridized carbons (Fsp3) is 0.174. The van der Waals surface area contributed by atoms with Crippen LogP contribution >= 0.6 is 11.3 Å². The molecule has 2 aromatic carbocycles. The normalized spacial score (nSPS) is 16.1. The Balaban J connectivity index is 1.62. The number of aromatic nitrogens is 1. The van der Waals surface area contributed by atoms with E-state index in [0.717, 1.165) is 16.2 Å². The van der Waals surface area contributed by atoms with Gasteiger partial charge in [0.2, 0.25) is 5.91 Å². The molecule has 3 aromatic rings. The van der Waals surface area contributed by atoms with Gasteiger partial charge < -0.3 is 20.5 Å². The van der Waals surface area contributed by atoms with E-state index in [1.54, 1.807) is 42.5 Å². The molecule has 1 aliphatic rings. The van der Waals surface area contributed by atoms with Crippen molar-refractivity contribution in [3.05, 3.63) is 76.8 Å². The molecule has 2 unspecified atom stereocenters. The summed E-state index contributed by atoms with van der Waals surface area (Å²) in [6.45, 7) is 0. The van der Waals surface area contributed by atoms with Crippen molar-refractivity contribution in [2.45, 2.75) is 18.5 Å². The number of nitrogens with zero attached hydrogens (tertiary/aromatic N) is 2. The number of thiazole rings is 1. The zero-order chi connectivity index (χ0) is 24.2. The lowest BCUT2D eigenvalue weighted by molar-refractivity contribution is -0.134. The monoisotopic (exact) mass is 480 g/mol. The summed E-state index contributed by atoms with van der Waals surface area (Å²) >= 11 is 1.01. The molecule has 4 rings (SSSR count). The minimum Gasteiger partial charge on any atom is -0.508 e. The van der Waals surface area contributed by atoms with Gasteiger partial charge in [0, 0.05) is 11.8 Å². The van der Waals surface area contributed by atoms with Crippen LogP contribution in [0.1, 0.15) is 27.7 Å². The fourth-order valence-electron chi connectivity index (χ4n) is 3.54. The van der Waals surface area contributed by atoms with Crippen LogP contribution < -0.4 is 10.6 Å². The smallest absolute Gasteiger partial charge is 0.357 e. The van der Waals surface area contributed by atoms with Gasteiger partial charge >= 0.3 is 12.0 Å². The molecule has 174 valence electrons. The lowest BCUT2D eigenvalue weighted by Crippen LogP contribution is -2.49. The Hall–Kier alpha value is -4.25. The van der Waals surface area contributed by atoms with E-state index in [0.29, 0.717) is 11.1 Å². The highest BCUT2D eigenvalue weighted by Crippen LogP contribution is 2.26. The summed E-state index contributed by atoms with van der Waals surface area (Å²) in [5.74, 6) is -1.83. The number of carbonyl (C=O) groups excluding carboxylic acids is 4. The molecule has 2 atom stereocenters. The number of carbonyl (C=O) groups is 4. The summed E-state index contributed by atoms with van der Waals surface area (Å²) in [5, 5.41) is 16.3. The number of urea groups is 1. The minimum absolute atomic E-state index is 0.00200. The van der Waals surface area contributed by atoms with Crippen molar-refractivity contribution in [2.75, 3.05) is 12.4 Å². The Labute approximate surface area is 198 Å². The molecule has 1 aromatic heterocycles. The zero-order valence-corrected chi connectivity index (χ0v) is 18.7. The van der Waals surface area contributed by atoms with E-state index in [2.05, 4.69) is 20.4 Å². The van der Waals surface area contributed by atoms with Crippen LogP contribution in [0.25, 0.3) is 0 Å². The van der Waals surface area contributed by atoms with E-state index in [9.17, 15) is 24.3 Å².